The normalized spacial score (nSPS) is 20.0. The predicted molar refractivity (Wildman–Crippen MR) is 90.3 cm³/mol. The lowest BCUT2D eigenvalue weighted by Gasteiger charge is -2.40. The highest BCUT2D eigenvalue weighted by Gasteiger charge is 2.36. The summed E-state index contributed by atoms with van der Waals surface area (Å²) in [5.74, 6) is 2.50. The Labute approximate surface area is 150 Å². The summed E-state index contributed by atoms with van der Waals surface area (Å²) in [4.78, 5) is 14.4. The van der Waals surface area contributed by atoms with Gasteiger partial charge in [-0.3, -0.25) is 4.79 Å². The summed E-state index contributed by atoms with van der Waals surface area (Å²) in [6, 6.07) is 5.53. The molecule has 1 amide bonds. The van der Waals surface area contributed by atoms with E-state index in [0.29, 0.717) is 36.3 Å². The van der Waals surface area contributed by atoms with Crippen molar-refractivity contribution in [3.05, 3.63) is 30.1 Å². The van der Waals surface area contributed by atoms with Crippen LogP contribution in [0.4, 0.5) is 0 Å². The van der Waals surface area contributed by atoms with Crippen molar-refractivity contribution in [2.45, 2.75) is 37.8 Å². The van der Waals surface area contributed by atoms with Crippen LogP contribution in [-0.2, 0) is 4.79 Å². The maximum Gasteiger partial charge on any atom is 0.263 e. The smallest absolute Gasteiger partial charge is 0.263 e. The van der Waals surface area contributed by atoms with Gasteiger partial charge in [0.15, 0.2) is 17.6 Å². The van der Waals surface area contributed by atoms with Crippen LogP contribution in [0.3, 0.4) is 0 Å². The van der Waals surface area contributed by atoms with E-state index in [4.69, 9.17) is 14.2 Å². The molecular weight excluding hydrogens is 336 g/mol. The third kappa shape index (κ3) is 2.75. The zero-order valence-electron chi connectivity index (χ0n) is 14.5. The molecule has 0 spiro atoms. The van der Waals surface area contributed by atoms with Crippen LogP contribution in [0.25, 0.3) is 0 Å². The maximum absolute atomic E-state index is 12.6. The Balaban J connectivity index is 1.16. The fourth-order valence-corrected chi connectivity index (χ4v) is 3.30. The minimum atomic E-state index is -0.561. The van der Waals surface area contributed by atoms with Crippen molar-refractivity contribution in [3.8, 4) is 17.2 Å². The number of ether oxygens (including phenoxy) is 3. The Kier molecular flexibility index (Phi) is 3.51. The van der Waals surface area contributed by atoms with Gasteiger partial charge < -0.3 is 19.1 Å². The summed E-state index contributed by atoms with van der Waals surface area (Å²) in [6.07, 6.45) is 3.89. The first-order valence-corrected chi connectivity index (χ1v) is 8.94. The molecule has 2 aliphatic heterocycles. The number of carbonyl (C=O) groups is 1. The first kappa shape index (κ1) is 15.5. The molecule has 0 radical (unpaired) electrons. The molecule has 1 saturated heterocycles. The molecule has 26 heavy (non-hydrogen) atoms. The number of amides is 1. The van der Waals surface area contributed by atoms with Gasteiger partial charge in [-0.15, -0.1) is 5.10 Å². The molecule has 3 aliphatic rings. The molecule has 8 heteroatoms. The van der Waals surface area contributed by atoms with Crippen LogP contribution in [0.5, 0.6) is 17.2 Å². The highest BCUT2D eigenvalue weighted by molar-refractivity contribution is 5.81. The van der Waals surface area contributed by atoms with Crippen LogP contribution >= 0.6 is 0 Å². The van der Waals surface area contributed by atoms with Gasteiger partial charge in [-0.05, 0) is 31.9 Å². The van der Waals surface area contributed by atoms with Crippen molar-refractivity contribution < 1.29 is 19.0 Å². The van der Waals surface area contributed by atoms with Gasteiger partial charge in [0.1, 0.15) is 5.75 Å². The number of hydrogen-bond donors (Lipinski definition) is 0. The minimum absolute atomic E-state index is 0.0264. The Morgan fingerprint density at radius 2 is 2.08 bits per heavy atom. The van der Waals surface area contributed by atoms with Gasteiger partial charge in [0.05, 0.1) is 11.7 Å². The van der Waals surface area contributed by atoms with Gasteiger partial charge in [0, 0.05) is 31.3 Å². The largest absolute Gasteiger partial charge is 0.481 e. The Morgan fingerprint density at radius 3 is 2.88 bits per heavy atom. The van der Waals surface area contributed by atoms with Gasteiger partial charge in [-0.2, -0.15) is 0 Å². The van der Waals surface area contributed by atoms with E-state index in [1.165, 1.54) is 12.8 Å². The molecule has 1 atom stereocenters. The topological polar surface area (TPSA) is 78.7 Å². The monoisotopic (exact) mass is 356 g/mol. The van der Waals surface area contributed by atoms with Crippen molar-refractivity contribution in [3.63, 3.8) is 0 Å². The van der Waals surface area contributed by atoms with Gasteiger partial charge in [-0.25, -0.2) is 4.68 Å². The van der Waals surface area contributed by atoms with Crippen LogP contribution < -0.4 is 14.2 Å². The van der Waals surface area contributed by atoms with Crippen molar-refractivity contribution in [1.29, 1.82) is 0 Å². The lowest BCUT2D eigenvalue weighted by atomic mass is 10.1. The molecular formula is C18H20N4O4. The molecule has 0 N–H and O–H groups in total. The number of fused-ring (bicyclic) bond motifs is 1. The molecule has 0 bridgehead atoms. The predicted octanol–water partition coefficient (Wildman–Crippen LogP) is 1.73. The van der Waals surface area contributed by atoms with Crippen LogP contribution in [0, 0.1) is 0 Å². The summed E-state index contributed by atoms with van der Waals surface area (Å²) < 4.78 is 18.3. The van der Waals surface area contributed by atoms with Crippen LogP contribution in [-0.4, -0.2) is 51.8 Å². The molecule has 1 aromatic heterocycles. The third-order valence-corrected chi connectivity index (χ3v) is 5.08. The number of aromatic nitrogens is 3. The van der Waals surface area contributed by atoms with Gasteiger partial charge in [-0.1, -0.05) is 5.21 Å². The standard InChI is InChI=1S/C18H20N4O4/c1-11(26-14-4-5-16-17(6-14)25-10-24-16)18(23)21-7-13(8-21)22-9-15(19-20-22)12-2-3-12/h4-6,9,11-13H,2-3,7-8,10H2,1H3. The van der Waals surface area contributed by atoms with E-state index in [1.807, 2.05) is 10.9 Å². The molecule has 136 valence electrons. The van der Waals surface area contributed by atoms with E-state index in [1.54, 1.807) is 30.0 Å². The molecule has 1 saturated carbocycles. The fourth-order valence-electron chi connectivity index (χ4n) is 3.30. The fraction of sp³-hybridized carbons (Fsp3) is 0.500. The molecule has 3 heterocycles. The lowest BCUT2D eigenvalue weighted by Crippen LogP contribution is -2.54. The highest BCUT2D eigenvalue weighted by Crippen LogP contribution is 2.39. The highest BCUT2D eigenvalue weighted by atomic mass is 16.7. The van der Waals surface area contributed by atoms with Crippen molar-refractivity contribution >= 4 is 5.91 Å². The average molecular weight is 356 g/mol. The number of nitrogens with zero attached hydrogens (tertiary/aromatic N) is 4. The van der Waals surface area contributed by atoms with E-state index < -0.39 is 6.10 Å². The summed E-state index contributed by atoms with van der Waals surface area (Å²) in [5, 5.41) is 8.44. The number of likely N-dealkylation sites (tertiary alicyclic amines) is 1. The molecule has 1 aliphatic carbocycles. The van der Waals surface area contributed by atoms with Crippen molar-refractivity contribution in [1.82, 2.24) is 19.9 Å². The Bertz CT molecular complexity index is 841. The second-order valence-electron chi connectivity index (χ2n) is 7.07. The van der Waals surface area contributed by atoms with Crippen molar-refractivity contribution in [2.24, 2.45) is 0 Å². The Hall–Kier alpha value is -2.77. The number of carbonyl (C=O) groups excluding carboxylic acids is 1. The van der Waals surface area contributed by atoms with Gasteiger partial charge in [0.25, 0.3) is 5.91 Å². The summed E-state index contributed by atoms with van der Waals surface area (Å²) in [6.45, 7) is 3.26. The zero-order chi connectivity index (χ0) is 17.7. The quantitative estimate of drug-likeness (QED) is 0.812. The van der Waals surface area contributed by atoms with E-state index in [9.17, 15) is 4.79 Å². The van der Waals surface area contributed by atoms with E-state index in [2.05, 4.69) is 10.3 Å². The average Bonchev–Trinajstić information content (AvgIpc) is 3.15. The van der Waals surface area contributed by atoms with Gasteiger partial charge in [0.2, 0.25) is 6.79 Å². The number of rotatable bonds is 5. The third-order valence-electron chi connectivity index (χ3n) is 5.08. The van der Waals surface area contributed by atoms with E-state index in [0.717, 1.165) is 5.69 Å². The summed E-state index contributed by atoms with van der Waals surface area (Å²) in [7, 11) is 0. The van der Waals surface area contributed by atoms with Gasteiger partial charge >= 0.3 is 0 Å². The Morgan fingerprint density at radius 1 is 1.27 bits per heavy atom. The second kappa shape index (κ2) is 5.89. The molecule has 2 fully saturated rings. The maximum atomic E-state index is 12.6. The summed E-state index contributed by atoms with van der Waals surface area (Å²) >= 11 is 0. The van der Waals surface area contributed by atoms with Crippen molar-refractivity contribution in [2.75, 3.05) is 19.9 Å². The summed E-state index contributed by atoms with van der Waals surface area (Å²) in [5.41, 5.74) is 1.08. The number of hydrogen-bond acceptors (Lipinski definition) is 6. The van der Waals surface area contributed by atoms with Crippen LogP contribution in [0.1, 0.15) is 37.4 Å². The first-order valence-electron chi connectivity index (χ1n) is 8.94. The molecule has 2 aromatic rings. The molecule has 5 rings (SSSR count). The zero-order valence-corrected chi connectivity index (χ0v) is 14.5. The van der Waals surface area contributed by atoms with E-state index >= 15 is 0 Å². The number of benzene rings is 1. The van der Waals surface area contributed by atoms with Crippen LogP contribution in [0.15, 0.2) is 24.4 Å². The molecule has 1 aromatic carbocycles. The van der Waals surface area contributed by atoms with Crippen LogP contribution in [0.2, 0.25) is 0 Å². The lowest BCUT2D eigenvalue weighted by molar-refractivity contribution is -0.144. The first-order chi connectivity index (χ1) is 12.7. The SMILES string of the molecule is CC(Oc1ccc2c(c1)OCO2)C(=O)N1CC(n2cc(C3CC3)nn2)C1. The minimum Gasteiger partial charge on any atom is -0.481 e. The molecule has 8 nitrogen and oxygen atoms in total. The second-order valence-corrected chi connectivity index (χ2v) is 7.07. The molecule has 1 unspecified atom stereocenters. The van der Waals surface area contributed by atoms with E-state index in [-0.39, 0.29) is 18.7 Å².